The van der Waals surface area contributed by atoms with Gasteiger partial charge in [0.15, 0.2) is 0 Å². The van der Waals surface area contributed by atoms with E-state index in [-0.39, 0.29) is 11.5 Å². The summed E-state index contributed by atoms with van der Waals surface area (Å²) in [5, 5.41) is 10.4. The Morgan fingerprint density at radius 2 is 1.62 bits per heavy atom. The van der Waals surface area contributed by atoms with Crippen LogP contribution in [-0.4, -0.2) is 25.2 Å². The Morgan fingerprint density at radius 3 is 2.08 bits per heavy atom. The molecular weight excluding hydrogens is 347 g/mol. The van der Waals surface area contributed by atoms with Crippen molar-refractivity contribution in [1.29, 1.82) is 0 Å². The van der Waals surface area contributed by atoms with Gasteiger partial charge in [-0.3, -0.25) is 4.79 Å². The van der Waals surface area contributed by atoms with Crippen molar-refractivity contribution in [2.75, 3.05) is 19.1 Å². The molecule has 0 aromatic heterocycles. The zero-order valence-corrected chi connectivity index (χ0v) is 14.6. The van der Waals surface area contributed by atoms with Gasteiger partial charge in [0.1, 0.15) is 5.75 Å². The van der Waals surface area contributed by atoms with E-state index in [1.807, 2.05) is 0 Å². The number of carbonyl (C=O) groups excluding carboxylic acids is 1. The van der Waals surface area contributed by atoms with Crippen molar-refractivity contribution >= 4 is 11.6 Å². The van der Waals surface area contributed by atoms with Gasteiger partial charge < -0.3 is 14.7 Å². The zero-order chi connectivity index (χ0) is 19.5. The van der Waals surface area contributed by atoms with Gasteiger partial charge in [0, 0.05) is 12.7 Å². The molecule has 0 aliphatic carbocycles. The smallest absolute Gasteiger partial charge is 0.416 e. The first-order valence-electron chi connectivity index (χ1n) is 7.92. The number of benzene rings is 2. The highest BCUT2D eigenvalue weighted by molar-refractivity contribution is 5.94. The standard InChI is InChI=1S/C19H20F3NO3/c1-12(17(24)13-4-6-14(7-5-13)19(20,21)22)18(25)23(2)15-8-10-16(26-3)11-9-15/h4-12,17,24H,1-3H3/t12-,17+/m1/s1. The normalized spacial score (nSPS) is 13.8. The molecule has 0 aliphatic heterocycles. The Labute approximate surface area is 149 Å². The molecule has 2 aromatic carbocycles. The summed E-state index contributed by atoms with van der Waals surface area (Å²) in [5.41, 5.74) is 0.0621. The van der Waals surface area contributed by atoms with Crippen molar-refractivity contribution in [2.45, 2.75) is 19.2 Å². The van der Waals surface area contributed by atoms with Gasteiger partial charge in [0.25, 0.3) is 0 Å². The van der Waals surface area contributed by atoms with Crippen molar-refractivity contribution in [3.05, 3.63) is 59.7 Å². The number of halogens is 3. The molecule has 2 atom stereocenters. The first-order chi connectivity index (χ1) is 12.1. The fraction of sp³-hybridized carbons (Fsp3) is 0.316. The van der Waals surface area contributed by atoms with Crippen LogP contribution in [-0.2, 0) is 11.0 Å². The molecule has 1 N–H and O–H groups in total. The van der Waals surface area contributed by atoms with Crippen molar-refractivity contribution in [2.24, 2.45) is 5.92 Å². The van der Waals surface area contributed by atoms with E-state index >= 15 is 0 Å². The van der Waals surface area contributed by atoms with Gasteiger partial charge in [-0.15, -0.1) is 0 Å². The summed E-state index contributed by atoms with van der Waals surface area (Å²) in [6.45, 7) is 1.53. The molecule has 140 valence electrons. The summed E-state index contributed by atoms with van der Waals surface area (Å²) in [5.74, 6) is -0.547. The first-order valence-corrected chi connectivity index (χ1v) is 7.92. The number of methoxy groups -OCH3 is 1. The number of ether oxygens (including phenoxy) is 1. The van der Waals surface area contributed by atoms with Gasteiger partial charge in [-0.05, 0) is 42.0 Å². The third-order valence-electron chi connectivity index (χ3n) is 4.23. The Balaban J connectivity index is 2.12. The second-order valence-corrected chi connectivity index (χ2v) is 5.95. The van der Waals surface area contributed by atoms with E-state index in [0.717, 1.165) is 12.1 Å². The minimum atomic E-state index is -4.44. The van der Waals surface area contributed by atoms with Crippen LogP contribution >= 0.6 is 0 Å². The number of amides is 1. The molecule has 0 saturated carbocycles. The van der Waals surface area contributed by atoms with Crippen molar-refractivity contribution < 1.29 is 27.8 Å². The molecule has 2 aromatic rings. The summed E-state index contributed by atoms with van der Waals surface area (Å²) in [6, 6.07) is 11.0. The molecule has 1 amide bonds. The molecule has 0 fully saturated rings. The topological polar surface area (TPSA) is 49.8 Å². The van der Waals surface area contributed by atoms with Crippen LogP contribution in [0.3, 0.4) is 0 Å². The van der Waals surface area contributed by atoms with Gasteiger partial charge in [0.05, 0.1) is 24.7 Å². The fourth-order valence-electron chi connectivity index (χ4n) is 2.53. The summed E-state index contributed by atoms with van der Waals surface area (Å²) in [4.78, 5) is 14.0. The van der Waals surface area contributed by atoms with Crippen LogP contribution in [0.2, 0.25) is 0 Å². The molecule has 0 aliphatic rings. The molecule has 26 heavy (non-hydrogen) atoms. The Hall–Kier alpha value is -2.54. The average Bonchev–Trinajstić information content (AvgIpc) is 2.65. The van der Waals surface area contributed by atoms with Crippen LogP contribution in [0.1, 0.15) is 24.2 Å². The predicted molar refractivity (Wildman–Crippen MR) is 92.0 cm³/mol. The van der Waals surface area contributed by atoms with E-state index in [1.54, 1.807) is 31.3 Å². The average molecular weight is 367 g/mol. The highest BCUT2D eigenvalue weighted by Crippen LogP contribution is 2.31. The number of nitrogens with zero attached hydrogens (tertiary/aromatic N) is 1. The van der Waals surface area contributed by atoms with Gasteiger partial charge >= 0.3 is 6.18 Å². The number of hydrogen-bond acceptors (Lipinski definition) is 3. The van der Waals surface area contributed by atoms with E-state index in [4.69, 9.17) is 4.74 Å². The Morgan fingerprint density at radius 1 is 1.08 bits per heavy atom. The number of anilines is 1. The molecule has 0 spiro atoms. The van der Waals surface area contributed by atoms with E-state index in [1.165, 1.54) is 31.1 Å². The second-order valence-electron chi connectivity index (χ2n) is 5.95. The van der Waals surface area contributed by atoms with Crippen LogP contribution in [0.25, 0.3) is 0 Å². The van der Waals surface area contributed by atoms with Crippen LogP contribution in [0.15, 0.2) is 48.5 Å². The highest BCUT2D eigenvalue weighted by atomic mass is 19.4. The first kappa shape index (κ1) is 19.8. The quantitative estimate of drug-likeness (QED) is 0.868. The number of carbonyl (C=O) groups is 1. The highest BCUT2D eigenvalue weighted by Gasteiger charge is 2.31. The zero-order valence-electron chi connectivity index (χ0n) is 14.6. The van der Waals surface area contributed by atoms with Crippen molar-refractivity contribution in [3.8, 4) is 5.75 Å². The summed E-state index contributed by atoms with van der Waals surface area (Å²) < 4.78 is 42.9. The summed E-state index contributed by atoms with van der Waals surface area (Å²) in [7, 11) is 3.10. The molecule has 4 nitrogen and oxygen atoms in total. The van der Waals surface area contributed by atoms with Crippen LogP contribution in [0.4, 0.5) is 18.9 Å². The van der Waals surface area contributed by atoms with Crippen molar-refractivity contribution in [1.82, 2.24) is 0 Å². The molecule has 0 bridgehead atoms. The van der Waals surface area contributed by atoms with Crippen LogP contribution in [0, 0.1) is 5.92 Å². The SMILES string of the molecule is COc1ccc(N(C)C(=O)[C@H](C)[C@H](O)c2ccc(C(F)(F)F)cc2)cc1. The van der Waals surface area contributed by atoms with Gasteiger partial charge in [-0.2, -0.15) is 13.2 Å². The lowest BCUT2D eigenvalue weighted by atomic mass is 9.95. The molecule has 2 rings (SSSR count). The molecule has 0 radical (unpaired) electrons. The van der Waals surface area contributed by atoms with Crippen LogP contribution in [0.5, 0.6) is 5.75 Å². The number of alkyl halides is 3. The summed E-state index contributed by atoms with van der Waals surface area (Å²) >= 11 is 0. The Bertz CT molecular complexity index is 742. The second kappa shape index (κ2) is 7.78. The molecule has 7 heteroatoms. The molecular formula is C19H20F3NO3. The molecule has 0 heterocycles. The van der Waals surface area contributed by atoms with E-state index in [0.29, 0.717) is 11.4 Å². The van der Waals surface area contributed by atoms with Crippen molar-refractivity contribution in [3.63, 3.8) is 0 Å². The van der Waals surface area contributed by atoms with E-state index < -0.39 is 23.8 Å². The third-order valence-corrected chi connectivity index (χ3v) is 4.23. The maximum absolute atomic E-state index is 12.6. The maximum Gasteiger partial charge on any atom is 0.416 e. The maximum atomic E-state index is 12.6. The van der Waals surface area contributed by atoms with Gasteiger partial charge in [-0.1, -0.05) is 19.1 Å². The Kier molecular flexibility index (Phi) is 5.92. The molecule has 0 saturated heterocycles. The minimum absolute atomic E-state index is 0.252. The predicted octanol–water partition coefficient (Wildman–Crippen LogP) is 4.05. The number of aliphatic hydroxyl groups is 1. The number of rotatable bonds is 5. The van der Waals surface area contributed by atoms with E-state index in [9.17, 15) is 23.1 Å². The van der Waals surface area contributed by atoms with Crippen LogP contribution < -0.4 is 9.64 Å². The largest absolute Gasteiger partial charge is 0.497 e. The lowest BCUT2D eigenvalue weighted by molar-refractivity contribution is -0.137. The third kappa shape index (κ3) is 4.35. The summed E-state index contributed by atoms with van der Waals surface area (Å²) in [6.07, 6.45) is -5.66. The lowest BCUT2D eigenvalue weighted by Gasteiger charge is -2.25. The number of aliphatic hydroxyl groups excluding tert-OH is 1. The molecule has 0 unspecified atom stereocenters. The van der Waals surface area contributed by atoms with E-state index in [2.05, 4.69) is 0 Å². The number of hydrogen-bond donors (Lipinski definition) is 1. The van der Waals surface area contributed by atoms with Gasteiger partial charge in [-0.25, -0.2) is 0 Å². The monoisotopic (exact) mass is 367 g/mol. The minimum Gasteiger partial charge on any atom is -0.497 e. The van der Waals surface area contributed by atoms with Gasteiger partial charge in [0.2, 0.25) is 5.91 Å². The lowest BCUT2D eigenvalue weighted by Crippen LogP contribution is -2.34. The fourth-order valence-corrected chi connectivity index (χ4v) is 2.53.